The Bertz CT molecular complexity index is 876. The molecule has 0 amide bonds. The van der Waals surface area contributed by atoms with Crippen LogP contribution >= 0.6 is 0 Å². The molecule has 120 valence electrons. The lowest BCUT2D eigenvalue weighted by Gasteiger charge is -2.28. The molecule has 0 fully saturated rings. The molecule has 23 heavy (non-hydrogen) atoms. The van der Waals surface area contributed by atoms with E-state index in [0.29, 0.717) is 13.0 Å². The second-order valence-corrected chi connectivity index (χ2v) is 7.28. The van der Waals surface area contributed by atoms with E-state index in [-0.39, 0.29) is 11.4 Å². The molecule has 2 aromatic rings. The molecule has 0 spiro atoms. The van der Waals surface area contributed by atoms with Gasteiger partial charge in [0.05, 0.1) is 4.90 Å². The van der Waals surface area contributed by atoms with Gasteiger partial charge in [-0.25, -0.2) is 13.2 Å². The Labute approximate surface area is 133 Å². The summed E-state index contributed by atoms with van der Waals surface area (Å²) in [6, 6.07) is 10.9. The summed E-state index contributed by atoms with van der Waals surface area (Å²) in [5.74, 6) is -1.83. The molecule has 7 heteroatoms. The molecule has 0 atom stereocenters. The quantitative estimate of drug-likeness (QED) is 0.893. The monoisotopic (exact) mass is 333 g/mol. The van der Waals surface area contributed by atoms with Crippen molar-refractivity contribution in [3.05, 3.63) is 59.2 Å². The smallest absolute Gasteiger partial charge is 0.339 e. The third-order valence-corrected chi connectivity index (χ3v) is 5.77. The van der Waals surface area contributed by atoms with Crippen LogP contribution in [0.4, 0.5) is 0 Å². The number of carbonyl (C=O) groups is 1. The van der Waals surface area contributed by atoms with E-state index in [1.165, 1.54) is 10.4 Å². The van der Waals surface area contributed by atoms with E-state index in [1.54, 1.807) is 0 Å². The minimum Gasteiger partial charge on any atom is -0.507 e. The molecule has 0 aromatic heterocycles. The number of carboxylic acid groups (broad SMARTS) is 1. The van der Waals surface area contributed by atoms with Crippen LogP contribution < -0.4 is 0 Å². The summed E-state index contributed by atoms with van der Waals surface area (Å²) in [7, 11) is -3.82. The standard InChI is InChI=1S/C16H15NO5S/c18-15-6-5-13(9-14(15)16(19)20)23(21,22)17-8-7-11-3-1-2-4-12(11)10-17/h1-6,9,18H,7-8,10H2,(H,19,20). The number of aromatic carboxylic acids is 1. The normalized spacial score (nSPS) is 15.1. The van der Waals surface area contributed by atoms with Gasteiger partial charge in [0.15, 0.2) is 0 Å². The van der Waals surface area contributed by atoms with Crippen molar-refractivity contribution in [2.24, 2.45) is 0 Å². The van der Waals surface area contributed by atoms with E-state index in [9.17, 15) is 18.3 Å². The molecule has 1 aliphatic rings. The summed E-state index contributed by atoms with van der Waals surface area (Å²) >= 11 is 0. The lowest BCUT2D eigenvalue weighted by atomic mass is 10.0. The Balaban J connectivity index is 1.97. The lowest BCUT2D eigenvalue weighted by molar-refractivity contribution is 0.0693. The highest BCUT2D eigenvalue weighted by Crippen LogP contribution is 2.27. The molecule has 0 saturated carbocycles. The molecule has 0 bridgehead atoms. The molecule has 0 unspecified atom stereocenters. The fourth-order valence-electron chi connectivity index (χ4n) is 2.67. The first-order valence-electron chi connectivity index (χ1n) is 7.03. The zero-order chi connectivity index (χ0) is 16.6. The molecule has 0 radical (unpaired) electrons. The molecular weight excluding hydrogens is 318 g/mol. The molecule has 2 N–H and O–H groups in total. The van der Waals surface area contributed by atoms with Crippen molar-refractivity contribution in [2.75, 3.05) is 6.54 Å². The van der Waals surface area contributed by atoms with Crippen molar-refractivity contribution in [2.45, 2.75) is 17.9 Å². The molecular formula is C16H15NO5S. The van der Waals surface area contributed by atoms with E-state index in [1.807, 2.05) is 24.3 Å². The molecule has 6 nitrogen and oxygen atoms in total. The van der Waals surface area contributed by atoms with Gasteiger partial charge in [-0.2, -0.15) is 4.31 Å². The molecule has 2 aromatic carbocycles. The predicted octanol–water partition coefficient (Wildman–Crippen LogP) is 1.84. The Hall–Kier alpha value is -2.38. The number of hydrogen-bond donors (Lipinski definition) is 2. The van der Waals surface area contributed by atoms with Crippen molar-refractivity contribution < 1.29 is 23.4 Å². The topological polar surface area (TPSA) is 94.9 Å². The molecule has 0 aliphatic carbocycles. The summed E-state index contributed by atoms with van der Waals surface area (Å²) < 4.78 is 26.8. The van der Waals surface area contributed by atoms with Crippen LogP contribution in [0.5, 0.6) is 5.75 Å². The van der Waals surface area contributed by atoms with Gasteiger partial charge in [-0.05, 0) is 35.7 Å². The van der Waals surface area contributed by atoms with Crippen LogP contribution in [0, 0.1) is 0 Å². The SMILES string of the molecule is O=C(O)c1cc(S(=O)(=O)N2CCc3ccccc3C2)ccc1O. The van der Waals surface area contributed by atoms with Gasteiger partial charge in [-0.3, -0.25) is 0 Å². The third-order valence-electron chi connectivity index (χ3n) is 3.93. The van der Waals surface area contributed by atoms with E-state index < -0.39 is 27.3 Å². The van der Waals surface area contributed by atoms with Gasteiger partial charge in [-0.15, -0.1) is 0 Å². The van der Waals surface area contributed by atoms with Crippen molar-refractivity contribution in [3.63, 3.8) is 0 Å². The van der Waals surface area contributed by atoms with Gasteiger partial charge in [-0.1, -0.05) is 24.3 Å². The Kier molecular flexibility index (Phi) is 3.83. The average Bonchev–Trinajstić information content (AvgIpc) is 2.54. The maximum atomic E-state index is 12.7. The van der Waals surface area contributed by atoms with E-state index >= 15 is 0 Å². The zero-order valence-electron chi connectivity index (χ0n) is 12.1. The predicted molar refractivity (Wildman–Crippen MR) is 82.8 cm³/mol. The summed E-state index contributed by atoms with van der Waals surface area (Å²) in [6.07, 6.45) is 0.610. The highest BCUT2D eigenvalue weighted by molar-refractivity contribution is 7.89. The summed E-state index contributed by atoms with van der Waals surface area (Å²) in [4.78, 5) is 10.9. The second-order valence-electron chi connectivity index (χ2n) is 5.34. The van der Waals surface area contributed by atoms with Crippen LogP contribution in [-0.4, -0.2) is 35.5 Å². The first kappa shape index (κ1) is 15.5. The Morgan fingerprint density at radius 2 is 1.78 bits per heavy atom. The third kappa shape index (κ3) is 2.80. The first-order chi connectivity index (χ1) is 10.9. The van der Waals surface area contributed by atoms with E-state index in [2.05, 4.69) is 0 Å². The van der Waals surface area contributed by atoms with Gasteiger partial charge in [0.1, 0.15) is 11.3 Å². The number of nitrogens with zero attached hydrogens (tertiary/aromatic N) is 1. The molecule has 0 saturated heterocycles. The van der Waals surface area contributed by atoms with Crippen molar-refractivity contribution in [1.29, 1.82) is 0 Å². The molecule has 3 rings (SSSR count). The van der Waals surface area contributed by atoms with Crippen LogP contribution in [0.2, 0.25) is 0 Å². The summed E-state index contributed by atoms with van der Waals surface area (Å²) in [5.41, 5.74) is 1.64. The maximum absolute atomic E-state index is 12.7. The molecule has 1 heterocycles. The van der Waals surface area contributed by atoms with Gasteiger partial charge in [0.25, 0.3) is 0 Å². The number of sulfonamides is 1. The van der Waals surface area contributed by atoms with Crippen LogP contribution in [0.1, 0.15) is 21.5 Å². The van der Waals surface area contributed by atoms with Crippen LogP contribution in [-0.2, 0) is 23.0 Å². The van der Waals surface area contributed by atoms with Crippen LogP contribution in [0.15, 0.2) is 47.4 Å². The van der Waals surface area contributed by atoms with Gasteiger partial charge >= 0.3 is 5.97 Å². The van der Waals surface area contributed by atoms with Crippen molar-refractivity contribution in [1.82, 2.24) is 4.31 Å². The second kappa shape index (κ2) is 5.68. The first-order valence-corrected chi connectivity index (χ1v) is 8.47. The fraction of sp³-hybridized carbons (Fsp3) is 0.188. The average molecular weight is 333 g/mol. The fourth-order valence-corrected chi connectivity index (χ4v) is 4.12. The number of fused-ring (bicyclic) bond motifs is 1. The highest BCUT2D eigenvalue weighted by Gasteiger charge is 2.29. The van der Waals surface area contributed by atoms with E-state index in [4.69, 9.17) is 5.11 Å². The number of aromatic hydroxyl groups is 1. The van der Waals surface area contributed by atoms with Crippen molar-refractivity contribution in [3.8, 4) is 5.75 Å². The van der Waals surface area contributed by atoms with Crippen molar-refractivity contribution >= 4 is 16.0 Å². The highest BCUT2D eigenvalue weighted by atomic mass is 32.2. The summed E-state index contributed by atoms with van der Waals surface area (Å²) in [6.45, 7) is 0.588. The van der Waals surface area contributed by atoms with Crippen LogP contribution in [0.25, 0.3) is 0 Å². The number of phenols is 1. The Morgan fingerprint density at radius 3 is 2.48 bits per heavy atom. The minimum absolute atomic E-state index is 0.132. The Morgan fingerprint density at radius 1 is 1.09 bits per heavy atom. The van der Waals surface area contributed by atoms with E-state index in [0.717, 1.165) is 23.3 Å². The number of hydrogen-bond acceptors (Lipinski definition) is 4. The number of benzene rings is 2. The van der Waals surface area contributed by atoms with Gasteiger partial charge < -0.3 is 10.2 Å². The molecule has 1 aliphatic heterocycles. The van der Waals surface area contributed by atoms with Crippen LogP contribution in [0.3, 0.4) is 0 Å². The number of rotatable bonds is 3. The number of carboxylic acids is 1. The largest absolute Gasteiger partial charge is 0.507 e. The zero-order valence-corrected chi connectivity index (χ0v) is 13.0. The van der Waals surface area contributed by atoms with Gasteiger partial charge in [0.2, 0.25) is 10.0 Å². The maximum Gasteiger partial charge on any atom is 0.339 e. The van der Waals surface area contributed by atoms with Gasteiger partial charge in [0, 0.05) is 13.1 Å². The summed E-state index contributed by atoms with van der Waals surface area (Å²) in [5, 5.41) is 18.6. The lowest BCUT2D eigenvalue weighted by Crippen LogP contribution is -2.36. The minimum atomic E-state index is -3.82.